The van der Waals surface area contributed by atoms with Crippen molar-refractivity contribution < 1.29 is 17.0 Å². The summed E-state index contributed by atoms with van der Waals surface area (Å²) in [4.78, 5) is 0. The van der Waals surface area contributed by atoms with E-state index in [-0.39, 0.29) is 40.0 Å². The minimum absolute atomic E-state index is 0. The van der Waals surface area contributed by atoms with Gasteiger partial charge in [0.2, 0.25) is 0 Å². The van der Waals surface area contributed by atoms with Gasteiger partial charge in [0.05, 0.1) is 0 Å². The van der Waals surface area contributed by atoms with Crippen LogP contribution in [0.1, 0.15) is 12.8 Å². The van der Waals surface area contributed by atoms with E-state index in [0.717, 1.165) is 5.92 Å². The Balaban J connectivity index is 0. The van der Waals surface area contributed by atoms with Gasteiger partial charge in [0, 0.05) is 0 Å². The summed E-state index contributed by atoms with van der Waals surface area (Å²) in [6, 6.07) is 0. The van der Waals surface area contributed by atoms with E-state index in [1.807, 2.05) is 0 Å². The van der Waals surface area contributed by atoms with Crippen LogP contribution in [0.5, 0.6) is 0 Å². The monoisotopic (exact) mass is 158 g/mol. The van der Waals surface area contributed by atoms with Crippen molar-refractivity contribution >= 4 is 23.1 Å². The fraction of sp³-hybridized carbons (Fsp3) is 0.750. The first-order chi connectivity index (χ1) is 1.89. The molecule has 0 unspecified atom stereocenters. The molecule has 0 bridgehead atoms. The molecular weight excluding hydrogens is 152 g/mol. The quantitative estimate of drug-likeness (QED) is 0.279. The summed E-state index contributed by atoms with van der Waals surface area (Å²) in [5.41, 5.74) is 0. The number of rotatable bonds is 0. The van der Waals surface area contributed by atoms with Gasteiger partial charge < -0.3 is 23.9 Å². The average molecular weight is 159 g/mol. The van der Waals surface area contributed by atoms with Gasteiger partial charge in [0.15, 0.2) is 0 Å². The van der Waals surface area contributed by atoms with Crippen LogP contribution in [0.25, 0.3) is 0 Å². The van der Waals surface area contributed by atoms with Crippen molar-refractivity contribution in [3.63, 3.8) is 0 Å². The Morgan fingerprint density at radius 2 is 1.50 bits per heavy atom. The summed E-state index contributed by atoms with van der Waals surface area (Å²) in [6.45, 7) is 3.75. The van der Waals surface area contributed by atoms with E-state index in [4.69, 9.17) is 0 Å². The van der Waals surface area contributed by atoms with Crippen LogP contribution in [0.3, 0.4) is 0 Å². The van der Waals surface area contributed by atoms with Gasteiger partial charge in [-0.3, -0.25) is 0 Å². The first-order valence-corrected chi connectivity index (χ1v) is 1.72. The summed E-state index contributed by atoms with van der Waals surface area (Å²) in [6.07, 6.45) is 2.75. The Hall–Kier alpha value is 1.25. The van der Waals surface area contributed by atoms with Crippen LogP contribution in [-0.2, 0) is 0 Å². The van der Waals surface area contributed by atoms with Crippen molar-refractivity contribution in [2.75, 3.05) is 0 Å². The van der Waals surface area contributed by atoms with Crippen LogP contribution in [0.4, 0.5) is 0 Å². The van der Waals surface area contributed by atoms with Gasteiger partial charge in [-0.25, -0.2) is 0 Å². The largest absolute Gasteiger partial charge is 2.00 e. The van der Waals surface area contributed by atoms with Crippen LogP contribution >= 0.6 is 0 Å². The zero-order valence-corrected chi connectivity index (χ0v) is 6.78. The Morgan fingerprint density at radius 1 is 1.33 bits per heavy atom. The zero-order chi connectivity index (χ0) is 2.99. The number of hydrogen-bond acceptors (Lipinski definition) is 0. The van der Waals surface area contributed by atoms with Gasteiger partial charge in [-0.2, -0.15) is 5.92 Å². The normalized spacial score (nSPS) is 17.5. The Morgan fingerprint density at radius 3 is 1.50 bits per heavy atom. The first kappa shape index (κ1) is 10.3. The van der Waals surface area contributed by atoms with Crippen molar-refractivity contribution in [1.29, 1.82) is 0 Å². The molecule has 0 saturated heterocycles. The van der Waals surface area contributed by atoms with E-state index in [0.29, 0.717) is 0 Å². The van der Waals surface area contributed by atoms with Crippen molar-refractivity contribution in [2.45, 2.75) is 12.8 Å². The van der Waals surface area contributed by atoms with Crippen LogP contribution in [0.2, 0.25) is 0 Å². The molecule has 1 rings (SSSR count). The molecule has 6 heavy (non-hydrogen) atoms. The third-order valence-electron chi connectivity index (χ3n) is 0.697. The summed E-state index contributed by atoms with van der Waals surface area (Å²) >= 11 is 0. The summed E-state index contributed by atoms with van der Waals surface area (Å²) in [5.74, 6) is 0.833. The fourth-order valence-electron chi connectivity index (χ4n) is 0.118. The molecule has 1 aliphatic carbocycles. The maximum Gasteiger partial charge on any atom is 2.00 e. The molecule has 2 heteroatoms. The van der Waals surface area contributed by atoms with Crippen LogP contribution in [0, 0.1) is 12.8 Å². The van der Waals surface area contributed by atoms with Crippen molar-refractivity contribution in [3.05, 3.63) is 6.92 Å². The second-order valence-corrected chi connectivity index (χ2v) is 1.44. The second kappa shape index (κ2) is 4.41. The maximum absolute atomic E-state index is 3.75. The van der Waals surface area contributed by atoms with Gasteiger partial charge in [-0.1, -0.05) is 12.8 Å². The molecule has 0 radical (unpaired) electrons. The van der Waals surface area contributed by atoms with Crippen molar-refractivity contribution in [2.24, 2.45) is 5.92 Å². The smallest absolute Gasteiger partial charge is 1.00 e. The molecule has 0 atom stereocenters. The average Bonchev–Trinajstić information content (AvgIpc) is 1.75. The molecule has 0 aromatic carbocycles. The Labute approximate surface area is 65.6 Å². The van der Waals surface area contributed by atoms with Crippen LogP contribution in [-0.4, -0.2) is 23.1 Å². The first-order valence-electron chi connectivity index (χ1n) is 1.72. The molecule has 0 heterocycles. The Kier molecular flexibility index (Phi) is 7.54. The van der Waals surface area contributed by atoms with E-state index < -0.39 is 0 Å². The molecule has 0 nitrogen and oxygen atoms in total. The molecule has 1 fully saturated rings. The van der Waals surface area contributed by atoms with Crippen LogP contribution < -0.4 is 17.0 Å². The third-order valence-corrected chi connectivity index (χ3v) is 0.697. The van der Waals surface area contributed by atoms with Crippen LogP contribution in [0.15, 0.2) is 0 Å². The van der Waals surface area contributed by atoms with E-state index in [9.17, 15) is 0 Å². The zero-order valence-electron chi connectivity index (χ0n) is 3.78. The molecule has 0 N–H and O–H groups in total. The minimum Gasteiger partial charge on any atom is -1.00 e. The Bertz CT molecular complexity index is 26.7. The third kappa shape index (κ3) is 5.25. The van der Waals surface area contributed by atoms with E-state index >= 15 is 0 Å². The SMILES string of the molecule is [Br-].[CH2-]C1CC1.[Mg+2]. The van der Waals surface area contributed by atoms with Gasteiger partial charge in [-0.05, 0) is 0 Å². The standard InChI is InChI=1S/C4H7.BrH.Mg/c1-4-2-3-4;;/h4H,1-3H2;1H;/q-1;;+2/p-1. The maximum atomic E-state index is 3.75. The number of halogens is 1. The molecule has 0 aromatic rings. The van der Waals surface area contributed by atoms with E-state index in [2.05, 4.69) is 6.92 Å². The van der Waals surface area contributed by atoms with Crippen molar-refractivity contribution in [1.82, 2.24) is 0 Å². The molecular formula is C4H7BrMg. The van der Waals surface area contributed by atoms with E-state index in [1.54, 1.807) is 0 Å². The van der Waals surface area contributed by atoms with E-state index in [1.165, 1.54) is 12.8 Å². The molecule has 1 aliphatic rings. The fourth-order valence-corrected chi connectivity index (χ4v) is 0.118. The topological polar surface area (TPSA) is 0 Å². The van der Waals surface area contributed by atoms with Crippen molar-refractivity contribution in [3.8, 4) is 0 Å². The molecule has 0 aliphatic heterocycles. The summed E-state index contributed by atoms with van der Waals surface area (Å²) in [5, 5.41) is 0. The minimum atomic E-state index is 0. The van der Waals surface area contributed by atoms with Gasteiger partial charge in [-0.15, -0.1) is 0 Å². The second-order valence-electron chi connectivity index (χ2n) is 1.44. The molecule has 32 valence electrons. The molecule has 0 aromatic heterocycles. The predicted molar refractivity (Wildman–Crippen MR) is 23.8 cm³/mol. The summed E-state index contributed by atoms with van der Waals surface area (Å²) < 4.78 is 0. The van der Waals surface area contributed by atoms with Gasteiger partial charge in [0.1, 0.15) is 0 Å². The van der Waals surface area contributed by atoms with Gasteiger partial charge >= 0.3 is 23.1 Å². The van der Waals surface area contributed by atoms with Gasteiger partial charge in [0.25, 0.3) is 0 Å². The molecule has 0 spiro atoms. The predicted octanol–water partition coefficient (Wildman–Crippen LogP) is -2.15. The summed E-state index contributed by atoms with van der Waals surface area (Å²) in [7, 11) is 0. The molecule has 0 amide bonds. The number of hydrogen-bond donors (Lipinski definition) is 0. The molecule has 1 saturated carbocycles.